The zero-order chi connectivity index (χ0) is 19.3. The number of unbranched alkanes of at least 4 members (excludes halogenated alkanes) is 5. The number of hydrogen-bond donors (Lipinski definition) is 1. The van der Waals surface area contributed by atoms with E-state index in [0.717, 1.165) is 18.4 Å². The van der Waals surface area contributed by atoms with Crippen LogP contribution in [0.15, 0.2) is 24.3 Å². The molecular formula is C22H38O4. The van der Waals surface area contributed by atoms with Gasteiger partial charge in [-0.2, -0.15) is 0 Å². The molecule has 0 aromatic heterocycles. The molecule has 0 spiro atoms. The van der Waals surface area contributed by atoms with Gasteiger partial charge in [0.2, 0.25) is 0 Å². The van der Waals surface area contributed by atoms with Gasteiger partial charge in [0.1, 0.15) is 5.75 Å². The molecule has 1 rings (SSSR count). The second kappa shape index (κ2) is 13.1. The van der Waals surface area contributed by atoms with Crippen LogP contribution in [0.1, 0.15) is 84.1 Å². The normalized spacial score (nSPS) is 13.1. The predicted molar refractivity (Wildman–Crippen MR) is 106 cm³/mol. The summed E-state index contributed by atoms with van der Waals surface area (Å²) in [5, 5.41) is 9.65. The molecule has 0 saturated carbocycles. The summed E-state index contributed by atoms with van der Waals surface area (Å²) in [4.78, 5) is 0. The summed E-state index contributed by atoms with van der Waals surface area (Å²) in [6, 6.07) is 7.34. The van der Waals surface area contributed by atoms with Crippen LogP contribution in [0, 0.1) is 0 Å². The van der Waals surface area contributed by atoms with Gasteiger partial charge in [-0.15, -0.1) is 0 Å². The molecule has 1 aromatic rings. The van der Waals surface area contributed by atoms with Crippen molar-refractivity contribution in [1.29, 1.82) is 0 Å². The molecule has 0 aliphatic rings. The third kappa shape index (κ3) is 7.26. The summed E-state index contributed by atoms with van der Waals surface area (Å²) in [6.07, 6.45) is 8.37. The van der Waals surface area contributed by atoms with E-state index in [4.69, 9.17) is 14.2 Å². The number of hydrogen-bond acceptors (Lipinski definition) is 4. The molecule has 150 valence electrons. The molecule has 0 radical (unpaired) electrons. The standard InChI is InChI=1S/C22H38O4/c1-5-9-10-11-12-13-14-21(19-15-17-20(23)18-16-19)22(24-6-2,25-7-3)26-8-4/h15-18,21,23H,5-14H2,1-4H3. The Morgan fingerprint density at radius 3 is 1.77 bits per heavy atom. The minimum atomic E-state index is -1.07. The highest BCUT2D eigenvalue weighted by Crippen LogP contribution is 2.39. The minimum absolute atomic E-state index is 0.0332. The van der Waals surface area contributed by atoms with Gasteiger partial charge in [0, 0.05) is 19.8 Å². The fraction of sp³-hybridized carbons (Fsp3) is 0.727. The Bertz CT molecular complexity index is 441. The molecule has 0 bridgehead atoms. The van der Waals surface area contributed by atoms with Crippen molar-refractivity contribution in [3.05, 3.63) is 29.8 Å². The lowest BCUT2D eigenvalue weighted by Crippen LogP contribution is -2.45. The van der Waals surface area contributed by atoms with Crippen LogP contribution in [0.2, 0.25) is 0 Å². The zero-order valence-corrected chi connectivity index (χ0v) is 17.1. The van der Waals surface area contributed by atoms with Crippen molar-refractivity contribution in [2.75, 3.05) is 19.8 Å². The quantitative estimate of drug-likeness (QED) is 0.306. The Balaban J connectivity index is 2.96. The van der Waals surface area contributed by atoms with E-state index in [1.807, 2.05) is 32.9 Å². The number of rotatable bonds is 15. The van der Waals surface area contributed by atoms with Crippen LogP contribution in [-0.2, 0) is 14.2 Å². The number of aromatic hydroxyl groups is 1. The topological polar surface area (TPSA) is 47.9 Å². The monoisotopic (exact) mass is 366 g/mol. The molecule has 1 N–H and O–H groups in total. The lowest BCUT2D eigenvalue weighted by molar-refractivity contribution is -0.389. The molecular weight excluding hydrogens is 328 g/mol. The van der Waals surface area contributed by atoms with E-state index in [1.54, 1.807) is 12.1 Å². The smallest absolute Gasteiger partial charge is 0.290 e. The van der Waals surface area contributed by atoms with E-state index in [2.05, 4.69) is 6.92 Å². The summed E-state index contributed by atoms with van der Waals surface area (Å²) >= 11 is 0. The molecule has 1 aromatic carbocycles. The van der Waals surface area contributed by atoms with E-state index in [-0.39, 0.29) is 11.7 Å². The van der Waals surface area contributed by atoms with Crippen molar-refractivity contribution in [2.45, 2.75) is 84.5 Å². The first-order chi connectivity index (χ1) is 12.6. The van der Waals surface area contributed by atoms with E-state index in [9.17, 15) is 5.11 Å². The highest BCUT2D eigenvalue weighted by atomic mass is 16.9. The van der Waals surface area contributed by atoms with Crippen LogP contribution in [0.5, 0.6) is 5.75 Å². The number of ether oxygens (including phenoxy) is 3. The van der Waals surface area contributed by atoms with Crippen LogP contribution in [0.4, 0.5) is 0 Å². The van der Waals surface area contributed by atoms with Gasteiger partial charge in [0.15, 0.2) is 0 Å². The number of benzene rings is 1. The Morgan fingerprint density at radius 1 is 0.769 bits per heavy atom. The van der Waals surface area contributed by atoms with Gasteiger partial charge in [-0.1, -0.05) is 57.6 Å². The van der Waals surface area contributed by atoms with Crippen molar-refractivity contribution < 1.29 is 19.3 Å². The molecule has 1 atom stereocenters. The fourth-order valence-corrected chi connectivity index (χ4v) is 3.41. The summed E-state index contributed by atoms with van der Waals surface area (Å²) in [5.74, 6) is -0.838. The number of phenolic OH excluding ortho intramolecular Hbond substituents is 1. The van der Waals surface area contributed by atoms with Gasteiger partial charge in [-0.3, -0.25) is 0 Å². The predicted octanol–water partition coefficient (Wildman–Crippen LogP) is 5.99. The van der Waals surface area contributed by atoms with Gasteiger partial charge >= 0.3 is 0 Å². The zero-order valence-electron chi connectivity index (χ0n) is 17.1. The molecule has 0 aliphatic carbocycles. The molecule has 0 amide bonds. The first-order valence-corrected chi connectivity index (χ1v) is 10.3. The average Bonchev–Trinajstić information content (AvgIpc) is 2.63. The lowest BCUT2D eigenvalue weighted by atomic mass is 9.90. The van der Waals surface area contributed by atoms with Crippen LogP contribution >= 0.6 is 0 Å². The molecule has 0 saturated heterocycles. The van der Waals surface area contributed by atoms with Gasteiger partial charge in [-0.05, 0) is 44.9 Å². The average molecular weight is 367 g/mol. The molecule has 4 heteroatoms. The van der Waals surface area contributed by atoms with Crippen molar-refractivity contribution in [1.82, 2.24) is 0 Å². The van der Waals surface area contributed by atoms with Crippen molar-refractivity contribution >= 4 is 0 Å². The van der Waals surface area contributed by atoms with Gasteiger partial charge in [0.25, 0.3) is 5.97 Å². The molecule has 0 aliphatic heterocycles. The second-order valence-electron chi connectivity index (χ2n) is 6.60. The molecule has 0 heterocycles. The Morgan fingerprint density at radius 2 is 1.27 bits per heavy atom. The summed E-state index contributed by atoms with van der Waals surface area (Å²) in [5.41, 5.74) is 1.08. The van der Waals surface area contributed by atoms with Crippen molar-refractivity contribution in [3.63, 3.8) is 0 Å². The number of phenols is 1. The molecule has 1 unspecified atom stereocenters. The van der Waals surface area contributed by atoms with E-state index < -0.39 is 5.97 Å². The molecule has 26 heavy (non-hydrogen) atoms. The van der Waals surface area contributed by atoms with Gasteiger partial charge in [-0.25, -0.2) is 0 Å². The molecule has 4 nitrogen and oxygen atoms in total. The highest BCUT2D eigenvalue weighted by molar-refractivity contribution is 5.29. The van der Waals surface area contributed by atoms with Crippen LogP contribution in [-0.4, -0.2) is 30.9 Å². The van der Waals surface area contributed by atoms with E-state index in [0.29, 0.717) is 19.8 Å². The Labute approximate surface area is 159 Å². The van der Waals surface area contributed by atoms with Crippen molar-refractivity contribution in [3.8, 4) is 5.75 Å². The van der Waals surface area contributed by atoms with Crippen LogP contribution in [0.3, 0.4) is 0 Å². The lowest BCUT2D eigenvalue weighted by Gasteiger charge is -2.39. The van der Waals surface area contributed by atoms with E-state index in [1.165, 1.54) is 32.1 Å². The van der Waals surface area contributed by atoms with Crippen LogP contribution in [0.25, 0.3) is 0 Å². The minimum Gasteiger partial charge on any atom is -0.508 e. The first-order valence-electron chi connectivity index (χ1n) is 10.3. The molecule has 0 fully saturated rings. The second-order valence-corrected chi connectivity index (χ2v) is 6.60. The maximum Gasteiger partial charge on any atom is 0.290 e. The third-order valence-electron chi connectivity index (χ3n) is 4.61. The summed E-state index contributed by atoms with van der Waals surface area (Å²) in [7, 11) is 0. The summed E-state index contributed by atoms with van der Waals surface area (Å²) < 4.78 is 18.1. The fourth-order valence-electron chi connectivity index (χ4n) is 3.41. The highest BCUT2D eigenvalue weighted by Gasteiger charge is 2.42. The first kappa shape index (κ1) is 22.9. The van der Waals surface area contributed by atoms with Gasteiger partial charge < -0.3 is 19.3 Å². The Hall–Kier alpha value is -1.10. The maximum atomic E-state index is 9.65. The van der Waals surface area contributed by atoms with Crippen LogP contribution < -0.4 is 0 Å². The largest absolute Gasteiger partial charge is 0.508 e. The SMILES string of the molecule is CCCCCCCCC(c1ccc(O)cc1)C(OCC)(OCC)OCC. The third-order valence-corrected chi connectivity index (χ3v) is 4.61. The van der Waals surface area contributed by atoms with Gasteiger partial charge in [0.05, 0.1) is 5.92 Å². The maximum absolute atomic E-state index is 9.65. The van der Waals surface area contributed by atoms with Crippen molar-refractivity contribution in [2.24, 2.45) is 0 Å². The Kier molecular flexibility index (Phi) is 11.6. The van der Waals surface area contributed by atoms with E-state index >= 15 is 0 Å². The summed E-state index contributed by atoms with van der Waals surface area (Å²) in [6.45, 7) is 9.69.